The highest BCUT2D eigenvalue weighted by molar-refractivity contribution is 5.40. The van der Waals surface area contributed by atoms with Gasteiger partial charge < -0.3 is 10.2 Å². The van der Waals surface area contributed by atoms with Gasteiger partial charge >= 0.3 is 0 Å². The van der Waals surface area contributed by atoms with E-state index in [9.17, 15) is 13.6 Å². The summed E-state index contributed by atoms with van der Waals surface area (Å²) in [5.74, 6) is 0.231. The number of hydrogen-bond acceptors (Lipinski definition) is 6. The lowest BCUT2D eigenvalue weighted by molar-refractivity contribution is 0.462. The molecule has 0 saturated carbocycles. The van der Waals surface area contributed by atoms with Crippen molar-refractivity contribution in [2.75, 3.05) is 23.3 Å². The zero-order valence-electron chi connectivity index (χ0n) is 16.3. The average Bonchev–Trinajstić information content (AvgIpc) is 2.75. The topological polar surface area (TPSA) is 75.9 Å². The molecule has 1 saturated heterocycles. The second kappa shape index (κ2) is 8.98. The van der Waals surface area contributed by atoms with E-state index in [4.69, 9.17) is 0 Å². The largest absolute Gasteiger partial charge is 0.352 e. The molecule has 3 aromatic rings. The lowest BCUT2D eigenvalue weighted by Gasteiger charge is -2.36. The van der Waals surface area contributed by atoms with Crippen molar-refractivity contribution < 1.29 is 8.78 Å². The van der Waals surface area contributed by atoms with Crippen LogP contribution in [0.25, 0.3) is 0 Å². The van der Waals surface area contributed by atoms with Crippen LogP contribution in [-0.4, -0.2) is 38.9 Å². The number of rotatable bonds is 6. The van der Waals surface area contributed by atoms with Crippen molar-refractivity contribution in [3.05, 3.63) is 76.3 Å². The molecule has 1 fully saturated rings. The lowest BCUT2D eigenvalue weighted by atomic mass is 10.0. The SMILES string of the molecule is O=c1ccc(N2CCCCC2CNc2ncc(F)cn2)nn1Cc1cccc(F)c1. The summed E-state index contributed by atoms with van der Waals surface area (Å²) in [5, 5.41) is 7.68. The molecule has 2 aromatic heterocycles. The molecule has 0 aliphatic carbocycles. The van der Waals surface area contributed by atoms with Crippen molar-refractivity contribution in [2.45, 2.75) is 31.8 Å². The Hall–Kier alpha value is -3.36. The number of nitrogens with one attached hydrogen (secondary N) is 1. The van der Waals surface area contributed by atoms with Crippen LogP contribution in [0.5, 0.6) is 0 Å². The summed E-state index contributed by atoms with van der Waals surface area (Å²) in [7, 11) is 0. The number of piperidine rings is 1. The molecule has 3 heterocycles. The maximum atomic E-state index is 13.5. The van der Waals surface area contributed by atoms with Crippen LogP contribution in [0.4, 0.5) is 20.5 Å². The van der Waals surface area contributed by atoms with Crippen LogP contribution in [0.1, 0.15) is 24.8 Å². The Balaban J connectivity index is 1.51. The molecule has 1 atom stereocenters. The minimum Gasteiger partial charge on any atom is -0.352 e. The van der Waals surface area contributed by atoms with Crippen LogP contribution in [0.3, 0.4) is 0 Å². The van der Waals surface area contributed by atoms with Gasteiger partial charge in [-0.25, -0.2) is 23.4 Å². The summed E-state index contributed by atoms with van der Waals surface area (Å²) < 4.78 is 27.8. The predicted molar refractivity (Wildman–Crippen MR) is 109 cm³/mol. The molecule has 0 spiro atoms. The zero-order chi connectivity index (χ0) is 20.9. The monoisotopic (exact) mass is 412 g/mol. The number of aromatic nitrogens is 4. The van der Waals surface area contributed by atoms with Gasteiger partial charge in [-0.2, -0.15) is 5.10 Å². The van der Waals surface area contributed by atoms with Crippen LogP contribution in [-0.2, 0) is 6.54 Å². The second-order valence-corrected chi connectivity index (χ2v) is 7.27. The van der Waals surface area contributed by atoms with Crippen molar-refractivity contribution in [3.8, 4) is 0 Å². The fourth-order valence-electron chi connectivity index (χ4n) is 3.64. The van der Waals surface area contributed by atoms with E-state index in [2.05, 4.69) is 25.3 Å². The van der Waals surface area contributed by atoms with Gasteiger partial charge in [0.25, 0.3) is 5.56 Å². The van der Waals surface area contributed by atoms with Crippen LogP contribution >= 0.6 is 0 Å². The van der Waals surface area contributed by atoms with Gasteiger partial charge in [-0.05, 0) is 43.0 Å². The van der Waals surface area contributed by atoms with Gasteiger partial charge in [0.1, 0.15) is 11.6 Å². The van der Waals surface area contributed by atoms with E-state index in [0.29, 0.717) is 23.9 Å². The summed E-state index contributed by atoms with van der Waals surface area (Å²) in [6, 6.07) is 9.48. The molecule has 4 rings (SSSR count). The Morgan fingerprint density at radius 2 is 1.90 bits per heavy atom. The van der Waals surface area contributed by atoms with E-state index in [1.165, 1.54) is 22.9 Å². The molecule has 9 heteroatoms. The molecule has 0 amide bonds. The highest BCUT2D eigenvalue weighted by Crippen LogP contribution is 2.22. The van der Waals surface area contributed by atoms with Gasteiger partial charge in [0.05, 0.1) is 18.9 Å². The summed E-state index contributed by atoms with van der Waals surface area (Å²) in [4.78, 5) is 22.3. The molecule has 1 aliphatic heterocycles. The standard InChI is InChI=1S/C21H22F2N6O/c22-16-5-3-4-15(10-16)14-29-20(30)8-7-19(27-29)28-9-2-1-6-18(28)13-26-21-24-11-17(23)12-25-21/h3-5,7-8,10-12,18H,1-2,6,9,13-14H2,(H,24,25,26). The minimum atomic E-state index is -0.482. The first kappa shape index (κ1) is 19.9. The quantitative estimate of drug-likeness (QED) is 0.671. The molecule has 1 aliphatic rings. The van der Waals surface area contributed by atoms with E-state index in [-0.39, 0.29) is 24.0 Å². The minimum absolute atomic E-state index is 0.125. The van der Waals surface area contributed by atoms with E-state index < -0.39 is 5.82 Å². The van der Waals surface area contributed by atoms with Crippen molar-refractivity contribution in [1.82, 2.24) is 19.7 Å². The van der Waals surface area contributed by atoms with Gasteiger partial charge in [0, 0.05) is 25.2 Å². The molecule has 1 N–H and O–H groups in total. The fourth-order valence-corrected chi connectivity index (χ4v) is 3.64. The first-order valence-corrected chi connectivity index (χ1v) is 9.89. The molecule has 30 heavy (non-hydrogen) atoms. The maximum absolute atomic E-state index is 13.5. The van der Waals surface area contributed by atoms with Crippen LogP contribution in [0.2, 0.25) is 0 Å². The van der Waals surface area contributed by atoms with Crippen molar-refractivity contribution in [1.29, 1.82) is 0 Å². The Morgan fingerprint density at radius 3 is 2.70 bits per heavy atom. The third kappa shape index (κ3) is 4.79. The highest BCUT2D eigenvalue weighted by atomic mass is 19.1. The summed E-state index contributed by atoms with van der Waals surface area (Å²) in [6.07, 6.45) is 5.29. The highest BCUT2D eigenvalue weighted by Gasteiger charge is 2.24. The van der Waals surface area contributed by atoms with Crippen LogP contribution in [0, 0.1) is 11.6 Å². The Labute approximate surface area is 172 Å². The number of nitrogens with zero attached hydrogens (tertiary/aromatic N) is 5. The lowest BCUT2D eigenvalue weighted by Crippen LogP contribution is -2.45. The van der Waals surface area contributed by atoms with Crippen LogP contribution in [0.15, 0.2) is 53.6 Å². The van der Waals surface area contributed by atoms with Gasteiger partial charge in [0.2, 0.25) is 5.95 Å². The molecule has 1 unspecified atom stereocenters. The van der Waals surface area contributed by atoms with Gasteiger partial charge in [-0.1, -0.05) is 12.1 Å². The number of hydrogen-bond donors (Lipinski definition) is 1. The predicted octanol–water partition coefficient (Wildman–Crippen LogP) is 2.83. The third-order valence-electron chi connectivity index (χ3n) is 5.11. The Bertz CT molecular complexity index is 1060. The normalized spacial score (nSPS) is 16.5. The van der Waals surface area contributed by atoms with Crippen molar-refractivity contribution in [2.24, 2.45) is 0 Å². The third-order valence-corrected chi connectivity index (χ3v) is 5.11. The van der Waals surface area contributed by atoms with Gasteiger partial charge in [0.15, 0.2) is 5.82 Å². The Morgan fingerprint density at radius 1 is 1.07 bits per heavy atom. The molecule has 156 valence electrons. The zero-order valence-corrected chi connectivity index (χ0v) is 16.3. The average molecular weight is 412 g/mol. The van der Waals surface area contributed by atoms with E-state index in [1.54, 1.807) is 18.2 Å². The molecule has 7 nitrogen and oxygen atoms in total. The second-order valence-electron chi connectivity index (χ2n) is 7.27. The van der Waals surface area contributed by atoms with Crippen molar-refractivity contribution >= 4 is 11.8 Å². The first-order valence-electron chi connectivity index (χ1n) is 9.89. The van der Waals surface area contributed by atoms with Crippen molar-refractivity contribution in [3.63, 3.8) is 0 Å². The first-order chi connectivity index (χ1) is 14.6. The summed E-state index contributed by atoms with van der Waals surface area (Å²) >= 11 is 0. The number of benzene rings is 1. The number of halogens is 2. The number of anilines is 2. The van der Waals surface area contributed by atoms with Gasteiger partial charge in [-0.15, -0.1) is 0 Å². The molecular formula is C21H22F2N6O. The molecule has 1 aromatic carbocycles. The Kier molecular flexibility index (Phi) is 5.97. The van der Waals surface area contributed by atoms with E-state index in [0.717, 1.165) is 38.2 Å². The smallest absolute Gasteiger partial charge is 0.267 e. The molecular weight excluding hydrogens is 390 g/mol. The van der Waals surface area contributed by atoms with Crippen LogP contribution < -0.4 is 15.8 Å². The summed E-state index contributed by atoms with van der Waals surface area (Å²) in [5.41, 5.74) is 0.432. The molecule has 0 radical (unpaired) electrons. The fraction of sp³-hybridized carbons (Fsp3) is 0.333. The summed E-state index contributed by atoms with van der Waals surface area (Å²) in [6.45, 7) is 1.57. The molecule has 0 bridgehead atoms. The maximum Gasteiger partial charge on any atom is 0.267 e. The van der Waals surface area contributed by atoms with E-state index in [1.807, 2.05) is 0 Å². The van der Waals surface area contributed by atoms with E-state index >= 15 is 0 Å². The van der Waals surface area contributed by atoms with Gasteiger partial charge in [-0.3, -0.25) is 4.79 Å².